The lowest BCUT2D eigenvalue weighted by atomic mass is 10.2. The van der Waals surface area contributed by atoms with Gasteiger partial charge in [0.2, 0.25) is 11.0 Å². The van der Waals surface area contributed by atoms with Crippen molar-refractivity contribution in [2.24, 2.45) is 5.73 Å². The van der Waals surface area contributed by atoms with Crippen LogP contribution in [0.1, 0.15) is 27.6 Å². The monoisotopic (exact) mass is 388 g/mol. The van der Waals surface area contributed by atoms with Gasteiger partial charge in [0.15, 0.2) is 11.5 Å². The van der Waals surface area contributed by atoms with Crippen LogP contribution in [0.5, 0.6) is 11.5 Å². The molecule has 0 heterocycles. The van der Waals surface area contributed by atoms with Gasteiger partial charge in [0.25, 0.3) is 5.91 Å². The third-order valence-corrected chi connectivity index (χ3v) is 4.72. The Bertz CT molecular complexity index is 869. The van der Waals surface area contributed by atoms with Crippen LogP contribution in [0.3, 0.4) is 0 Å². The fourth-order valence-corrected chi connectivity index (χ4v) is 3.07. The minimum Gasteiger partial charge on any atom is -0.493 e. The first-order chi connectivity index (χ1) is 12.9. The van der Waals surface area contributed by atoms with Gasteiger partial charge in [0, 0.05) is 10.5 Å². The average Bonchev–Trinajstić information content (AvgIpc) is 2.67. The summed E-state index contributed by atoms with van der Waals surface area (Å²) in [5, 5.41) is 2.24. The van der Waals surface area contributed by atoms with Crippen LogP contribution in [0.4, 0.5) is 0 Å². The van der Waals surface area contributed by atoms with E-state index >= 15 is 0 Å². The quantitative estimate of drug-likeness (QED) is 0.705. The molecule has 0 fully saturated rings. The molecule has 0 aliphatic heterocycles. The molecule has 0 aromatic heterocycles. The Hall–Kier alpha value is -3.00. The highest BCUT2D eigenvalue weighted by Crippen LogP contribution is 2.32. The minimum absolute atomic E-state index is 0.265. The molecular weight excluding hydrogens is 368 g/mol. The van der Waals surface area contributed by atoms with E-state index in [9.17, 15) is 14.4 Å². The Morgan fingerprint density at radius 2 is 1.70 bits per heavy atom. The van der Waals surface area contributed by atoms with Gasteiger partial charge in [-0.3, -0.25) is 14.4 Å². The summed E-state index contributed by atoms with van der Waals surface area (Å²) in [6.45, 7) is 1.49. The maximum atomic E-state index is 12.6. The SMILES string of the molecule is COc1ccc(C(=O)Sc2ccccc2C(=O)N[C@@H](C)C(N)=O)cc1OC. The van der Waals surface area contributed by atoms with Crippen LogP contribution in [0.15, 0.2) is 47.4 Å². The summed E-state index contributed by atoms with van der Waals surface area (Å²) in [4.78, 5) is 36.7. The van der Waals surface area contributed by atoms with Crippen LogP contribution in [0, 0.1) is 0 Å². The number of nitrogens with one attached hydrogen (secondary N) is 1. The van der Waals surface area contributed by atoms with Crippen molar-refractivity contribution in [2.45, 2.75) is 17.9 Å². The number of thioether (sulfide) groups is 1. The average molecular weight is 388 g/mol. The molecule has 0 saturated carbocycles. The fraction of sp³-hybridized carbons (Fsp3) is 0.211. The molecule has 0 aliphatic carbocycles. The highest BCUT2D eigenvalue weighted by molar-refractivity contribution is 8.14. The molecule has 0 radical (unpaired) electrons. The van der Waals surface area contributed by atoms with Crippen LogP contribution < -0.4 is 20.5 Å². The van der Waals surface area contributed by atoms with E-state index in [-0.39, 0.29) is 10.7 Å². The standard InChI is InChI=1S/C19H20N2O5S/c1-11(17(20)22)21-18(23)13-6-4-5-7-16(13)27-19(24)12-8-9-14(25-2)15(10-12)26-3/h4-11H,1-3H3,(H2,20,22)(H,21,23)/t11-/m0/s1. The van der Waals surface area contributed by atoms with E-state index in [1.54, 1.807) is 42.5 Å². The predicted octanol–water partition coefficient (Wildman–Crippen LogP) is 2.24. The van der Waals surface area contributed by atoms with Crippen molar-refractivity contribution in [2.75, 3.05) is 14.2 Å². The summed E-state index contributed by atoms with van der Waals surface area (Å²) in [7, 11) is 2.99. The number of nitrogens with two attached hydrogens (primary N) is 1. The fourth-order valence-electron chi connectivity index (χ4n) is 2.21. The molecular formula is C19H20N2O5S. The first kappa shape index (κ1) is 20.3. The zero-order valence-corrected chi connectivity index (χ0v) is 16.0. The highest BCUT2D eigenvalue weighted by atomic mass is 32.2. The number of benzene rings is 2. The van der Waals surface area contributed by atoms with Crippen molar-refractivity contribution in [3.05, 3.63) is 53.6 Å². The van der Waals surface area contributed by atoms with Gasteiger partial charge in [-0.2, -0.15) is 0 Å². The van der Waals surface area contributed by atoms with Crippen molar-refractivity contribution in [1.29, 1.82) is 0 Å². The van der Waals surface area contributed by atoms with Crippen LogP contribution in [-0.2, 0) is 4.79 Å². The minimum atomic E-state index is -0.822. The second-order valence-corrected chi connectivity index (χ2v) is 6.57. The lowest BCUT2D eigenvalue weighted by molar-refractivity contribution is -0.119. The molecule has 3 N–H and O–H groups in total. The van der Waals surface area contributed by atoms with Gasteiger partial charge in [-0.05, 0) is 49.0 Å². The third-order valence-electron chi connectivity index (χ3n) is 3.73. The summed E-state index contributed by atoms with van der Waals surface area (Å²) in [5.74, 6) is -0.177. The van der Waals surface area contributed by atoms with Gasteiger partial charge in [-0.15, -0.1) is 0 Å². The first-order valence-corrected chi connectivity index (χ1v) is 8.82. The Balaban J connectivity index is 2.24. The summed E-state index contributed by atoms with van der Waals surface area (Å²) < 4.78 is 10.4. The zero-order valence-electron chi connectivity index (χ0n) is 15.1. The molecule has 0 unspecified atom stereocenters. The molecule has 0 aliphatic rings. The second-order valence-electron chi connectivity index (χ2n) is 5.55. The van der Waals surface area contributed by atoms with Crippen molar-refractivity contribution in [1.82, 2.24) is 5.32 Å². The van der Waals surface area contributed by atoms with Crippen molar-refractivity contribution in [3.63, 3.8) is 0 Å². The number of hydrogen-bond acceptors (Lipinski definition) is 6. The number of primary amides is 1. The van der Waals surface area contributed by atoms with Gasteiger partial charge in [0.1, 0.15) is 6.04 Å². The number of hydrogen-bond donors (Lipinski definition) is 2. The van der Waals surface area contributed by atoms with Gasteiger partial charge in [0.05, 0.1) is 19.8 Å². The van der Waals surface area contributed by atoms with Crippen molar-refractivity contribution >= 4 is 28.7 Å². The molecule has 0 saturated heterocycles. The van der Waals surface area contributed by atoms with Crippen LogP contribution >= 0.6 is 11.8 Å². The van der Waals surface area contributed by atoms with E-state index in [0.717, 1.165) is 11.8 Å². The van der Waals surface area contributed by atoms with Crippen LogP contribution in [0.25, 0.3) is 0 Å². The molecule has 2 amide bonds. The molecule has 1 atom stereocenters. The van der Waals surface area contributed by atoms with Crippen molar-refractivity contribution < 1.29 is 23.9 Å². The van der Waals surface area contributed by atoms with Gasteiger partial charge in [-0.1, -0.05) is 12.1 Å². The van der Waals surface area contributed by atoms with Crippen LogP contribution in [-0.4, -0.2) is 37.2 Å². The predicted molar refractivity (Wildman–Crippen MR) is 102 cm³/mol. The van der Waals surface area contributed by atoms with Gasteiger partial charge >= 0.3 is 0 Å². The summed E-state index contributed by atoms with van der Waals surface area (Å²) >= 11 is 0.907. The Morgan fingerprint density at radius 3 is 2.33 bits per heavy atom. The largest absolute Gasteiger partial charge is 0.493 e. The third kappa shape index (κ3) is 5.01. The van der Waals surface area contributed by atoms with E-state index in [2.05, 4.69) is 5.32 Å². The highest BCUT2D eigenvalue weighted by Gasteiger charge is 2.19. The van der Waals surface area contributed by atoms with E-state index in [0.29, 0.717) is 22.0 Å². The maximum Gasteiger partial charge on any atom is 0.253 e. The van der Waals surface area contributed by atoms with E-state index in [4.69, 9.17) is 15.2 Å². The van der Waals surface area contributed by atoms with E-state index in [1.807, 2.05) is 0 Å². The topological polar surface area (TPSA) is 108 Å². The maximum absolute atomic E-state index is 12.6. The number of rotatable bonds is 7. The normalized spacial score (nSPS) is 11.4. The molecule has 142 valence electrons. The molecule has 27 heavy (non-hydrogen) atoms. The number of carbonyl (C=O) groups excluding carboxylic acids is 3. The molecule has 2 aromatic rings. The molecule has 2 rings (SSSR count). The van der Waals surface area contributed by atoms with Gasteiger partial charge in [-0.25, -0.2) is 0 Å². The zero-order chi connectivity index (χ0) is 20.0. The van der Waals surface area contributed by atoms with Crippen LogP contribution in [0.2, 0.25) is 0 Å². The number of methoxy groups -OCH3 is 2. The van der Waals surface area contributed by atoms with E-state index < -0.39 is 17.9 Å². The molecule has 7 nitrogen and oxygen atoms in total. The summed E-state index contributed by atoms with van der Waals surface area (Å²) in [5.41, 5.74) is 5.86. The molecule has 2 aromatic carbocycles. The second kappa shape index (κ2) is 9.09. The smallest absolute Gasteiger partial charge is 0.253 e. The first-order valence-electron chi connectivity index (χ1n) is 8.00. The summed E-state index contributed by atoms with van der Waals surface area (Å²) in [6.07, 6.45) is 0. The Labute approximate surface area is 161 Å². The van der Waals surface area contributed by atoms with Crippen molar-refractivity contribution in [3.8, 4) is 11.5 Å². The molecule has 8 heteroatoms. The number of carbonyl (C=O) groups is 3. The lowest BCUT2D eigenvalue weighted by Gasteiger charge is -2.13. The lowest BCUT2D eigenvalue weighted by Crippen LogP contribution is -2.42. The number of ether oxygens (including phenoxy) is 2. The van der Waals surface area contributed by atoms with E-state index in [1.165, 1.54) is 21.1 Å². The molecule has 0 bridgehead atoms. The Kier molecular flexibility index (Phi) is 6.84. The van der Waals surface area contributed by atoms with Gasteiger partial charge < -0.3 is 20.5 Å². The summed E-state index contributed by atoms with van der Waals surface area (Å²) in [6, 6.07) is 10.6. The Morgan fingerprint density at radius 1 is 1.04 bits per heavy atom. The number of amides is 2. The molecule has 0 spiro atoms.